The predicted octanol–water partition coefficient (Wildman–Crippen LogP) is 3.87. The molecule has 4 aromatic rings. The molecule has 2 fully saturated rings. The van der Waals surface area contributed by atoms with Crippen LogP contribution in [0, 0.1) is 13.8 Å². The average Bonchev–Trinajstić information content (AvgIpc) is 3.52. The van der Waals surface area contributed by atoms with Crippen LogP contribution in [-0.2, 0) is 0 Å². The van der Waals surface area contributed by atoms with Crippen molar-refractivity contribution in [3.05, 3.63) is 40.9 Å². The van der Waals surface area contributed by atoms with Gasteiger partial charge in [-0.15, -0.1) is 21.5 Å². The summed E-state index contributed by atoms with van der Waals surface area (Å²) in [6, 6.07) is 6.68. The summed E-state index contributed by atoms with van der Waals surface area (Å²) in [5, 5.41) is 13.4. The lowest BCUT2D eigenvalue weighted by Crippen LogP contribution is -2.45. The minimum Gasteiger partial charge on any atom is -0.369 e. The summed E-state index contributed by atoms with van der Waals surface area (Å²) in [6.45, 7) is 13.0. The quantitative estimate of drug-likeness (QED) is 0.454. The number of piperazine rings is 2. The first-order chi connectivity index (χ1) is 17.5. The van der Waals surface area contributed by atoms with Crippen LogP contribution in [0.5, 0.6) is 0 Å². The van der Waals surface area contributed by atoms with Gasteiger partial charge in [0.1, 0.15) is 0 Å². The summed E-state index contributed by atoms with van der Waals surface area (Å²) >= 11 is 1.72. The van der Waals surface area contributed by atoms with Crippen LogP contribution in [0.1, 0.15) is 11.1 Å². The van der Waals surface area contributed by atoms with Crippen molar-refractivity contribution in [3.8, 4) is 22.5 Å². The summed E-state index contributed by atoms with van der Waals surface area (Å²) < 4.78 is 0. The van der Waals surface area contributed by atoms with Gasteiger partial charge in [0.15, 0.2) is 10.8 Å². The van der Waals surface area contributed by atoms with E-state index in [-0.39, 0.29) is 0 Å². The number of aromatic amines is 1. The SMILES string of the molecule is Cc1cc(-c2cc3c(-c4csc(N5CCN(C)CC5)n4)c[nH]c3nn2)cc(C)c1N1CCN(C)CC1. The molecule has 1 N–H and O–H groups in total. The zero-order valence-electron chi connectivity index (χ0n) is 21.6. The van der Waals surface area contributed by atoms with Gasteiger partial charge in [0, 0.05) is 86.1 Å². The number of fused-ring (bicyclic) bond motifs is 1. The van der Waals surface area contributed by atoms with E-state index >= 15 is 0 Å². The van der Waals surface area contributed by atoms with Crippen molar-refractivity contribution in [3.63, 3.8) is 0 Å². The standard InChI is InChI=1S/C27H34N8S/c1-18-13-20(14-19(2)25(18)34-9-5-32(3)6-10-34)23-15-21-22(16-28-26(21)31-30-23)24-17-36-27(29-24)35-11-7-33(4)8-12-35/h13-17H,5-12H2,1-4H3,(H,28,31). The van der Waals surface area contributed by atoms with E-state index in [0.29, 0.717) is 0 Å². The highest BCUT2D eigenvalue weighted by Gasteiger charge is 2.21. The maximum Gasteiger partial charge on any atom is 0.185 e. The lowest BCUT2D eigenvalue weighted by molar-refractivity contribution is 0.312. The Morgan fingerprint density at radius 3 is 2.08 bits per heavy atom. The van der Waals surface area contributed by atoms with Gasteiger partial charge >= 0.3 is 0 Å². The number of thiazole rings is 1. The fourth-order valence-electron chi connectivity index (χ4n) is 5.44. The zero-order valence-corrected chi connectivity index (χ0v) is 22.4. The molecule has 8 nitrogen and oxygen atoms in total. The minimum atomic E-state index is 0.797. The number of aryl methyl sites for hydroxylation is 2. The van der Waals surface area contributed by atoms with Gasteiger partial charge in [0.25, 0.3) is 0 Å². The monoisotopic (exact) mass is 502 g/mol. The Bertz CT molecular complexity index is 1350. The van der Waals surface area contributed by atoms with Crippen molar-refractivity contribution in [2.24, 2.45) is 0 Å². The van der Waals surface area contributed by atoms with Gasteiger partial charge in [0.05, 0.1) is 11.4 Å². The number of rotatable bonds is 4. The second-order valence-electron chi connectivity index (χ2n) is 10.2. The molecule has 3 aromatic heterocycles. The molecule has 188 valence electrons. The fourth-order valence-corrected chi connectivity index (χ4v) is 6.32. The number of benzene rings is 1. The van der Waals surface area contributed by atoms with Gasteiger partial charge in [0.2, 0.25) is 0 Å². The van der Waals surface area contributed by atoms with Gasteiger partial charge in [-0.3, -0.25) is 0 Å². The molecular weight excluding hydrogens is 468 g/mol. The van der Waals surface area contributed by atoms with E-state index in [1.807, 2.05) is 6.20 Å². The van der Waals surface area contributed by atoms with E-state index in [9.17, 15) is 0 Å². The molecule has 0 bridgehead atoms. The molecule has 5 heterocycles. The lowest BCUT2D eigenvalue weighted by atomic mass is 10.00. The molecule has 0 saturated carbocycles. The summed E-state index contributed by atoms with van der Waals surface area (Å²) in [4.78, 5) is 18.0. The van der Waals surface area contributed by atoms with Crippen LogP contribution >= 0.6 is 11.3 Å². The first kappa shape index (κ1) is 23.4. The first-order valence-corrected chi connectivity index (χ1v) is 13.6. The van der Waals surface area contributed by atoms with Gasteiger partial charge in [-0.25, -0.2) is 4.98 Å². The van der Waals surface area contributed by atoms with E-state index in [0.717, 1.165) is 91.0 Å². The minimum absolute atomic E-state index is 0.797. The summed E-state index contributed by atoms with van der Waals surface area (Å²) in [7, 11) is 4.38. The molecule has 2 aliphatic heterocycles. The van der Waals surface area contributed by atoms with Crippen molar-refractivity contribution in [1.29, 1.82) is 0 Å². The Kier molecular flexibility index (Phi) is 6.15. The second kappa shape index (κ2) is 9.46. The summed E-state index contributed by atoms with van der Waals surface area (Å²) in [5.74, 6) is 0. The third-order valence-corrected chi connectivity index (χ3v) is 8.49. The Morgan fingerprint density at radius 1 is 0.778 bits per heavy atom. The van der Waals surface area contributed by atoms with Gasteiger partial charge in [-0.2, -0.15) is 0 Å². The summed E-state index contributed by atoms with van der Waals surface area (Å²) in [5.41, 5.74) is 8.84. The predicted molar refractivity (Wildman–Crippen MR) is 149 cm³/mol. The first-order valence-electron chi connectivity index (χ1n) is 12.8. The molecule has 9 heteroatoms. The lowest BCUT2D eigenvalue weighted by Gasteiger charge is -2.36. The molecule has 0 atom stereocenters. The van der Waals surface area contributed by atoms with Crippen LogP contribution in [-0.4, -0.2) is 96.4 Å². The molecule has 1 aromatic carbocycles. The molecule has 0 unspecified atom stereocenters. The number of hydrogen-bond donors (Lipinski definition) is 1. The molecule has 0 spiro atoms. The van der Waals surface area contributed by atoms with Gasteiger partial charge in [-0.1, -0.05) is 0 Å². The molecule has 0 amide bonds. The maximum absolute atomic E-state index is 5.00. The van der Waals surface area contributed by atoms with E-state index in [4.69, 9.17) is 4.98 Å². The van der Waals surface area contributed by atoms with Crippen LogP contribution in [0.2, 0.25) is 0 Å². The van der Waals surface area contributed by atoms with E-state index in [2.05, 4.69) is 86.3 Å². The van der Waals surface area contributed by atoms with E-state index in [1.54, 1.807) is 11.3 Å². The van der Waals surface area contributed by atoms with Crippen LogP contribution in [0.15, 0.2) is 29.8 Å². The molecule has 6 rings (SSSR count). The Labute approximate surface area is 216 Å². The number of nitrogens with one attached hydrogen (secondary N) is 1. The topological polar surface area (TPSA) is 67.4 Å². The van der Waals surface area contributed by atoms with Crippen molar-refractivity contribution < 1.29 is 0 Å². The fraction of sp³-hybridized carbons (Fsp3) is 0.444. The molecule has 0 aliphatic carbocycles. The Balaban J connectivity index is 1.30. The third kappa shape index (κ3) is 4.36. The highest BCUT2D eigenvalue weighted by Crippen LogP contribution is 2.35. The van der Waals surface area contributed by atoms with E-state index < -0.39 is 0 Å². The highest BCUT2D eigenvalue weighted by atomic mass is 32.1. The number of aromatic nitrogens is 4. The normalized spacial score (nSPS) is 17.9. The molecule has 2 aliphatic rings. The Hall–Kier alpha value is -3.01. The van der Waals surface area contributed by atoms with Crippen LogP contribution in [0.3, 0.4) is 0 Å². The number of anilines is 2. The van der Waals surface area contributed by atoms with Crippen molar-refractivity contribution >= 4 is 33.2 Å². The number of H-pyrrole nitrogens is 1. The molecular formula is C27H34N8S. The average molecular weight is 503 g/mol. The maximum atomic E-state index is 5.00. The van der Waals surface area contributed by atoms with Crippen molar-refractivity contribution in [1.82, 2.24) is 30.0 Å². The molecule has 0 radical (unpaired) electrons. The summed E-state index contributed by atoms with van der Waals surface area (Å²) in [6.07, 6.45) is 2.01. The number of likely N-dealkylation sites (N-methyl/N-ethyl adjacent to an activating group) is 2. The van der Waals surface area contributed by atoms with Gasteiger partial charge in [-0.05, 0) is 57.3 Å². The second-order valence-corrected chi connectivity index (χ2v) is 11.1. The molecule has 36 heavy (non-hydrogen) atoms. The van der Waals surface area contributed by atoms with Crippen LogP contribution in [0.4, 0.5) is 10.8 Å². The Morgan fingerprint density at radius 2 is 1.42 bits per heavy atom. The third-order valence-electron chi connectivity index (χ3n) is 7.59. The number of nitrogens with zero attached hydrogens (tertiary/aromatic N) is 7. The van der Waals surface area contributed by atoms with Gasteiger partial charge < -0.3 is 24.6 Å². The van der Waals surface area contributed by atoms with Crippen LogP contribution in [0.25, 0.3) is 33.5 Å². The highest BCUT2D eigenvalue weighted by molar-refractivity contribution is 7.14. The van der Waals surface area contributed by atoms with Crippen molar-refractivity contribution in [2.75, 3.05) is 76.3 Å². The van der Waals surface area contributed by atoms with Crippen LogP contribution < -0.4 is 9.80 Å². The largest absolute Gasteiger partial charge is 0.369 e. The molecule has 2 saturated heterocycles. The van der Waals surface area contributed by atoms with Crippen molar-refractivity contribution in [2.45, 2.75) is 13.8 Å². The smallest absolute Gasteiger partial charge is 0.185 e. The zero-order chi connectivity index (χ0) is 24.8. The number of hydrogen-bond acceptors (Lipinski definition) is 8. The van der Waals surface area contributed by atoms with E-state index in [1.165, 1.54) is 16.8 Å².